The molecule has 0 heterocycles. The Balaban J connectivity index is 2.41. The SMILES string of the molecule is CSCC(CCO)NCc1cccc(C)c1. The number of aryl methyl sites for hydroxylation is 1. The lowest BCUT2D eigenvalue weighted by atomic mass is 10.1. The molecule has 1 atom stereocenters. The number of hydrogen-bond donors (Lipinski definition) is 2. The number of nitrogens with one attached hydrogen (secondary N) is 1. The molecule has 0 bridgehead atoms. The van der Waals surface area contributed by atoms with E-state index in [0.717, 1.165) is 18.7 Å². The fraction of sp³-hybridized carbons (Fsp3) is 0.538. The molecule has 0 aliphatic carbocycles. The van der Waals surface area contributed by atoms with Gasteiger partial charge in [-0.2, -0.15) is 11.8 Å². The first-order valence-electron chi connectivity index (χ1n) is 5.65. The van der Waals surface area contributed by atoms with Gasteiger partial charge in [0.2, 0.25) is 0 Å². The van der Waals surface area contributed by atoms with Gasteiger partial charge in [0.1, 0.15) is 0 Å². The third-order valence-electron chi connectivity index (χ3n) is 2.52. The maximum atomic E-state index is 8.96. The summed E-state index contributed by atoms with van der Waals surface area (Å²) in [4.78, 5) is 0. The van der Waals surface area contributed by atoms with E-state index in [1.807, 2.05) is 11.8 Å². The van der Waals surface area contributed by atoms with Crippen molar-refractivity contribution >= 4 is 11.8 Å². The Hall–Kier alpha value is -0.510. The smallest absolute Gasteiger partial charge is 0.0446 e. The number of rotatable bonds is 7. The highest BCUT2D eigenvalue weighted by Crippen LogP contribution is 2.06. The summed E-state index contributed by atoms with van der Waals surface area (Å²) in [6.07, 6.45) is 2.92. The topological polar surface area (TPSA) is 32.3 Å². The summed E-state index contributed by atoms with van der Waals surface area (Å²) < 4.78 is 0. The van der Waals surface area contributed by atoms with Crippen LogP contribution in [0.15, 0.2) is 24.3 Å². The monoisotopic (exact) mass is 239 g/mol. The van der Waals surface area contributed by atoms with E-state index in [2.05, 4.69) is 42.8 Å². The van der Waals surface area contributed by atoms with Crippen LogP contribution < -0.4 is 5.32 Å². The molecule has 0 amide bonds. The number of hydrogen-bond acceptors (Lipinski definition) is 3. The first-order valence-corrected chi connectivity index (χ1v) is 7.04. The van der Waals surface area contributed by atoms with Gasteiger partial charge in [0.05, 0.1) is 0 Å². The van der Waals surface area contributed by atoms with E-state index in [9.17, 15) is 0 Å². The van der Waals surface area contributed by atoms with Crippen LogP contribution in [0.2, 0.25) is 0 Å². The molecule has 0 aromatic heterocycles. The summed E-state index contributed by atoms with van der Waals surface area (Å²) in [5.41, 5.74) is 2.60. The zero-order valence-electron chi connectivity index (χ0n) is 10.1. The van der Waals surface area contributed by atoms with E-state index >= 15 is 0 Å². The van der Waals surface area contributed by atoms with Crippen molar-refractivity contribution in [2.75, 3.05) is 18.6 Å². The predicted octanol–water partition coefficient (Wildman–Crippen LogP) is 2.20. The van der Waals surface area contributed by atoms with Crippen LogP contribution in [0, 0.1) is 6.92 Å². The molecule has 0 aliphatic heterocycles. The molecule has 3 heteroatoms. The lowest BCUT2D eigenvalue weighted by Gasteiger charge is -2.16. The molecule has 0 aliphatic rings. The van der Waals surface area contributed by atoms with Crippen molar-refractivity contribution in [3.05, 3.63) is 35.4 Å². The molecule has 1 unspecified atom stereocenters. The Morgan fingerprint density at radius 1 is 1.44 bits per heavy atom. The van der Waals surface area contributed by atoms with Gasteiger partial charge in [0.15, 0.2) is 0 Å². The zero-order chi connectivity index (χ0) is 11.8. The van der Waals surface area contributed by atoms with Gasteiger partial charge < -0.3 is 10.4 Å². The molecule has 90 valence electrons. The molecule has 16 heavy (non-hydrogen) atoms. The van der Waals surface area contributed by atoms with Crippen molar-refractivity contribution in [2.24, 2.45) is 0 Å². The average Bonchev–Trinajstić information content (AvgIpc) is 2.27. The van der Waals surface area contributed by atoms with E-state index < -0.39 is 0 Å². The van der Waals surface area contributed by atoms with Crippen LogP contribution in [-0.4, -0.2) is 29.8 Å². The first-order chi connectivity index (χ1) is 7.76. The highest BCUT2D eigenvalue weighted by molar-refractivity contribution is 7.98. The molecule has 2 N–H and O–H groups in total. The second kappa shape index (κ2) is 7.71. The van der Waals surface area contributed by atoms with Crippen LogP contribution in [0.25, 0.3) is 0 Å². The zero-order valence-corrected chi connectivity index (χ0v) is 10.9. The van der Waals surface area contributed by atoms with Gasteiger partial charge in [-0.05, 0) is 25.2 Å². The van der Waals surface area contributed by atoms with Crippen LogP contribution in [0.1, 0.15) is 17.5 Å². The molecular weight excluding hydrogens is 218 g/mol. The lowest BCUT2D eigenvalue weighted by Crippen LogP contribution is -2.31. The van der Waals surface area contributed by atoms with E-state index in [1.54, 1.807) is 0 Å². The molecule has 1 aromatic rings. The van der Waals surface area contributed by atoms with Crippen molar-refractivity contribution in [3.63, 3.8) is 0 Å². The normalized spacial score (nSPS) is 12.7. The van der Waals surface area contributed by atoms with Crippen molar-refractivity contribution in [2.45, 2.75) is 25.9 Å². The second-order valence-corrected chi connectivity index (χ2v) is 4.95. The van der Waals surface area contributed by atoms with Gasteiger partial charge >= 0.3 is 0 Å². The number of aliphatic hydroxyl groups excluding tert-OH is 1. The quantitative estimate of drug-likeness (QED) is 0.765. The Morgan fingerprint density at radius 2 is 2.25 bits per heavy atom. The highest BCUT2D eigenvalue weighted by atomic mass is 32.2. The molecule has 2 nitrogen and oxygen atoms in total. The molecule has 1 aromatic carbocycles. The van der Waals surface area contributed by atoms with E-state index in [0.29, 0.717) is 6.04 Å². The minimum Gasteiger partial charge on any atom is -0.396 e. The fourth-order valence-corrected chi connectivity index (χ4v) is 2.37. The van der Waals surface area contributed by atoms with E-state index in [1.165, 1.54) is 11.1 Å². The Morgan fingerprint density at radius 3 is 2.88 bits per heavy atom. The van der Waals surface area contributed by atoms with Crippen molar-refractivity contribution in [1.29, 1.82) is 0 Å². The van der Waals surface area contributed by atoms with Crippen molar-refractivity contribution in [3.8, 4) is 0 Å². The minimum atomic E-state index is 0.256. The third kappa shape index (κ3) is 5.01. The second-order valence-electron chi connectivity index (χ2n) is 4.03. The molecule has 0 saturated heterocycles. The summed E-state index contributed by atoms with van der Waals surface area (Å²) in [6.45, 7) is 3.25. The predicted molar refractivity (Wildman–Crippen MR) is 71.9 cm³/mol. The fourth-order valence-electron chi connectivity index (χ4n) is 1.69. The highest BCUT2D eigenvalue weighted by Gasteiger charge is 2.06. The number of thioether (sulfide) groups is 1. The lowest BCUT2D eigenvalue weighted by molar-refractivity contribution is 0.270. The average molecular weight is 239 g/mol. The van der Waals surface area contributed by atoms with Crippen LogP contribution in [0.4, 0.5) is 0 Å². The van der Waals surface area contributed by atoms with E-state index in [-0.39, 0.29) is 6.61 Å². The van der Waals surface area contributed by atoms with Gasteiger partial charge in [0, 0.05) is 24.9 Å². The largest absolute Gasteiger partial charge is 0.396 e. The number of aliphatic hydroxyl groups is 1. The van der Waals surface area contributed by atoms with Crippen molar-refractivity contribution < 1.29 is 5.11 Å². The molecule has 0 fully saturated rings. The standard InChI is InChI=1S/C13H21NOS/c1-11-4-3-5-12(8-11)9-14-13(6-7-15)10-16-2/h3-5,8,13-15H,6-7,9-10H2,1-2H3. The molecule has 1 rings (SSSR count). The molecule has 0 radical (unpaired) electrons. The molecular formula is C13H21NOS. The summed E-state index contributed by atoms with van der Waals surface area (Å²) >= 11 is 1.81. The van der Waals surface area contributed by atoms with Gasteiger partial charge in [-0.25, -0.2) is 0 Å². The van der Waals surface area contributed by atoms with Crippen LogP contribution in [0.3, 0.4) is 0 Å². The summed E-state index contributed by atoms with van der Waals surface area (Å²) in [7, 11) is 0. The van der Waals surface area contributed by atoms with Gasteiger partial charge in [-0.1, -0.05) is 29.8 Å². The molecule has 0 saturated carbocycles. The van der Waals surface area contributed by atoms with Gasteiger partial charge in [-0.3, -0.25) is 0 Å². The molecule has 0 spiro atoms. The third-order valence-corrected chi connectivity index (χ3v) is 3.26. The van der Waals surface area contributed by atoms with Crippen LogP contribution >= 0.6 is 11.8 Å². The maximum Gasteiger partial charge on any atom is 0.0446 e. The van der Waals surface area contributed by atoms with Gasteiger partial charge in [-0.15, -0.1) is 0 Å². The summed E-state index contributed by atoms with van der Waals surface area (Å²) in [6, 6.07) is 8.93. The maximum absolute atomic E-state index is 8.96. The Kier molecular flexibility index (Phi) is 6.53. The number of benzene rings is 1. The van der Waals surface area contributed by atoms with Crippen LogP contribution in [0.5, 0.6) is 0 Å². The Bertz CT molecular complexity index is 298. The summed E-state index contributed by atoms with van der Waals surface area (Å²) in [5.74, 6) is 1.05. The van der Waals surface area contributed by atoms with Crippen LogP contribution in [-0.2, 0) is 6.54 Å². The van der Waals surface area contributed by atoms with Gasteiger partial charge in [0.25, 0.3) is 0 Å². The minimum absolute atomic E-state index is 0.256. The Labute approximate surface area is 102 Å². The van der Waals surface area contributed by atoms with Crippen molar-refractivity contribution in [1.82, 2.24) is 5.32 Å². The van der Waals surface area contributed by atoms with E-state index in [4.69, 9.17) is 5.11 Å². The first kappa shape index (κ1) is 13.6. The summed E-state index contributed by atoms with van der Waals surface area (Å²) in [5, 5.41) is 12.4.